The van der Waals surface area contributed by atoms with Crippen LogP contribution in [0, 0.1) is 0 Å². The van der Waals surface area contributed by atoms with Crippen molar-refractivity contribution in [2.45, 2.75) is 31.2 Å². The van der Waals surface area contributed by atoms with E-state index in [2.05, 4.69) is 9.71 Å². The molecule has 98 valence electrons. The Morgan fingerprint density at radius 1 is 1.28 bits per heavy atom. The van der Waals surface area contributed by atoms with Gasteiger partial charge in [0.05, 0.1) is 0 Å². The smallest absolute Gasteiger partial charge is 0.243 e. The minimum absolute atomic E-state index is 0.222. The monoisotopic (exact) mass is 267 g/mol. The van der Waals surface area contributed by atoms with E-state index in [9.17, 15) is 8.42 Å². The molecule has 4 N–H and O–H groups in total. The Morgan fingerprint density at radius 2 is 1.94 bits per heavy atom. The van der Waals surface area contributed by atoms with Gasteiger partial charge in [0, 0.05) is 28.3 Å². The summed E-state index contributed by atoms with van der Waals surface area (Å²) in [5.74, 6) is 0. The van der Waals surface area contributed by atoms with Gasteiger partial charge in [-0.25, -0.2) is 13.1 Å². The van der Waals surface area contributed by atoms with Crippen molar-refractivity contribution < 1.29 is 8.42 Å². The van der Waals surface area contributed by atoms with Crippen molar-refractivity contribution in [3.63, 3.8) is 0 Å². The van der Waals surface area contributed by atoms with Gasteiger partial charge in [-0.05, 0) is 39.0 Å². The van der Waals surface area contributed by atoms with Crippen LogP contribution in [0.15, 0.2) is 29.3 Å². The summed E-state index contributed by atoms with van der Waals surface area (Å²) < 4.78 is 27.1. The van der Waals surface area contributed by atoms with Crippen LogP contribution in [0.25, 0.3) is 10.9 Å². The molecule has 0 saturated carbocycles. The van der Waals surface area contributed by atoms with Gasteiger partial charge < -0.3 is 10.7 Å². The number of hydrogen-bond donors (Lipinski definition) is 3. The molecule has 0 aliphatic heterocycles. The summed E-state index contributed by atoms with van der Waals surface area (Å²) in [5, 5.41) is 0.603. The van der Waals surface area contributed by atoms with E-state index in [0.29, 0.717) is 11.1 Å². The molecule has 0 bridgehead atoms. The fourth-order valence-electron chi connectivity index (χ4n) is 1.79. The summed E-state index contributed by atoms with van der Waals surface area (Å²) in [6.07, 6.45) is 1.48. The molecule has 0 radical (unpaired) electrons. The van der Waals surface area contributed by atoms with Crippen LogP contribution < -0.4 is 10.5 Å². The number of hydrogen-bond acceptors (Lipinski definition) is 3. The molecule has 1 aromatic carbocycles. The van der Waals surface area contributed by atoms with Crippen LogP contribution in [0.1, 0.15) is 20.8 Å². The first kappa shape index (κ1) is 12.9. The highest BCUT2D eigenvalue weighted by Crippen LogP contribution is 2.25. The SMILES string of the molecule is CC(C)(C)NS(=O)(=O)c1c[nH]c2ccc(N)cc12. The van der Waals surface area contributed by atoms with Crippen molar-refractivity contribution >= 4 is 26.6 Å². The van der Waals surface area contributed by atoms with E-state index in [-0.39, 0.29) is 4.90 Å². The van der Waals surface area contributed by atoms with Gasteiger partial charge in [-0.1, -0.05) is 0 Å². The number of aromatic amines is 1. The van der Waals surface area contributed by atoms with E-state index in [0.717, 1.165) is 5.52 Å². The molecule has 0 atom stereocenters. The van der Waals surface area contributed by atoms with Gasteiger partial charge in [0.15, 0.2) is 0 Å². The summed E-state index contributed by atoms with van der Waals surface area (Å²) >= 11 is 0. The van der Waals surface area contributed by atoms with Crippen molar-refractivity contribution in [1.82, 2.24) is 9.71 Å². The third-order valence-electron chi connectivity index (χ3n) is 2.40. The van der Waals surface area contributed by atoms with Crippen molar-refractivity contribution in [3.8, 4) is 0 Å². The molecule has 1 aromatic heterocycles. The van der Waals surface area contributed by atoms with Crippen LogP contribution in [0.4, 0.5) is 5.69 Å². The van der Waals surface area contributed by atoms with Crippen LogP contribution in [0.5, 0.6) is 0 Å². The van der Waals surface area contributed by atoms with Crippen LogP contribution in [-0.4, -0.2) is 18.9 Å². The molecular weight excluding hydrogens is 250 g/mol. The summed E-state index contributed by atoms with van der Waals surface area (Å²) in [6.45, 7) is 5.40. The second-order valence-electron chi connectivity index (χ2n) is 5.31. The molecule has 0 unspecified atom stereocenters. The highest BCUT2D eigenvalue weighted by Gasteiger charge is 2.24. The second-order valence-corrected chi connectivity index (χ2v) is 6.96. The topological polar surface area (TPSA) is 88.0 Å². The first-order chi connectivity index (χ1) is 8.19. The molecular formula is C12H17N3O2S. The summed E-state index contributed by atoms with van der Waals surface area (Å²) in [4.78, 5) is 3.15. The van der Waals surface area contributed by atoms with E-state index in [4.69, 9.17) is 5.73 Å². The molecule has 18 heavy (non-hydrogen) atoms. The lowest BCUT2D eigenvalue weighted by atomic mass is 10.1. The zero-order chi connectivity index (χ0) is 13.6. The third-order valence-corrected chi connectivity index (χ3v) is 4.20. The lowest BCUT2D eigenvalue weighted by molar-refractivity contribution is 0.492. The Kier molecular flexibility index (Phi) is 2.87. The van der Waals surface area contributed by atoms with E-state index in [1.54, 1.807) is 39.0 Å². The quantitative estimate of drug-likeness (QED) is 0.725. The number of rotatable bonds is 2. The lowest BCUT2D eigenvalue weighted by Gasteiger charge is -2.19. The highest BCUT2D eigenvalue weighted by atomic mass is 32.2. The number of nitrogens with one attached hydrogen (secondary N) is 2. The maximum atomic E-state index is 12.3. The van der Waals surface area contributed by atoms with Crippen LogP contribution in [-0.2, 0) is 10.0 Å². The van der Waals surface area contributed by atoms with E-state index in [1.165, 1.54) is 6.20 Å². The Hall–Kier alpha value is -1.53. The summed E-state index contributed by atoms with van der Waals surface area (Å²) in [5.41, 5.74) is 6.45. The predicted molar refractivity (Wildman–Crippen MR) is 72.8 cm³/mol. The molecule has 0 aliphatic carbocycles. The number of H-pyrrole nitrogens is 1. The number of fused-ring (bicyclic) bond motifs is 1. The van der Waals surface area contributed by atoms with Gasteiger partial charge in [0.1, 0.15) is 4.90 Å². The average Bonchev–Trinajstić information content (AvgIpc) is 2.56. The first-order valence-corrected chi connectivity index (χ1v) is 7.08. The number of nitrogens with two attached hydrogens (primary N) is 1. The van der Waals surface area contributed by atoms with Gasteiger partial charge in [0.25, 0.3) is 0 Å². The van der Waals surface area contributed by atoms with Gasteiger partial charge in [-0.2, -0.15) is 0 Å². The van der Waals surface area contributed by atoms with E-state index >= 15 is 0 Å². The number of aromatic nitrogens is 1. The molecule has 1 heterocycles. The minimum Gasteiger partial charge on any atom is -0.399 e. The molecule has 5 nitrogen and oxygen atoms in total. The lowest BCUT2D eigenvalue weighted by Crippen LogP contribution is -2.40. The number of sulfonamides is 1. The Labute approximate surface area is 106 Å². The third kappa shape index (κ3) is 2.49. The van der Waals surface area contributed by atoms with Crippen molar-refractivity contribution in [3.05, 3.63) is 24.4 Å². The van der Waals surface area contributed by atoms with Crippen LogP contribution >= 0.6 is 0 Å². The number of benzene rings is 1. The van der Waals surface area contributed by atoms with Crippen molar-refractivity contribution in [2.24, 2.45) is 0 Å². The second kappa shape index (κ2) is 4.00. The molecule has 2 rings (SSSR count). The van der Waals surface area contributed by atoms with Gasteiger partial charge in [-0.3, -0.25) is 0 Å². The maximum Gasteiger partial charge on any atom is 0.243 e. The number of anilines is 1. The Morgan fingerprint density at radius 3 is 2.56 bits per heavy atom. The minimum atomic E-state index is -3.55. The van der Waals surface area contributed by atoms with E-state index < -0.39 is 15.6 Å². The van der Waals surface area contributed by atoms with Gasteiger partial charge in [-0.15, -0.1) is 0 Å². The summed E-state index contributed by atoms with van der Waals surface area (Å²) in [6, 6.07) is 5.15. The molecule has 0 spiro atoms. The Balaban J connectivity index is 2.58. The number of nitrogen functional groups attached to an aromatic ring is 1. The average molecular weight is 267 g/mol. The molecule has 2 aromatic rings. The zero-order valence-electron chi connectivity index (χ0n) is 10.6. The first-order valence-electron chi connectivity index (χ1n) is 5.60. The maximum absolute atomic E-state index is 12.3. The van der Waals surface area contributed by atoms with Crippen LogP contribution in [0.2, 0.25) is 0 Å². The fourth-order valence-corrected chi connectivity index (χ4v) is 3.38. The standard InChI is InChI=1S/C12H17N3O2S/c1-12(2,3)15-18(16,17)11-7-14-10-5-4-8(13)6-9(10)11/h4-7,14-15H,13H2,1-3H3. The molecule has 0 saturated heterocycles. The molecule has 0 fully saturated rings. The van der Waals surface area contributed by atoms with Gasteiger partial charge >= 0.3 is 0 Å². The Bertz CT molecular complexity index is 681. The normalized spacial score (nSPS) is 13.1. The summed E-state index contributed by atoms with van der Waals surface area (Å²) in [7, 11) is -3.55. The fraction of sp³-hybridized carbons (Fsp3) is 0.333. The van der Waals surface area contributed by atoms with Gasteiger partial charge in [0.2, 0.25) is 10.0 Å². The predicted octanol–water partition coefficient (Wildman–Crippen LogP) is 1.83. The largest absolute Gasteiger partial charge is 0.399 e. The zero-order valence-corrected chi connectivity index (χ0v) is 11.4. The van der Waals surface area contributed by atoms with Crippen molar-refractivity contribution in [1.29, 1.82) is 0 Å². The molecule has 0 aliphatic rings. The highest BCUT2D eigenvalue weighted by molar-refractivity contribution is 7.89. The molecule has 6 heteroatoms. The van der Waals surface area contributed by atoms with Crippen molar-refractivity contribution in [2.75, 3.05) is 5.73 Å². The van der Waals surface area contributed by atoms with Crippen LogP contribution in [0.3, 0.4) is 0 Å². The van der Waals surface area contributed by atoms with E-state index in [1.807, 2.05) is 0 Å². The molecule has 0 amide bonds.